The van der Waals surface area contributed by atoms with Crippen molar-refractivity contribution in [1.29, 1.82) is 5.26 Å². The molecule has 0 bridgehead atoms. The van der Waals surface area contributed by atoms with E-state index in [0.717, 1.165) is 38.7 Å². The van der Waals surface area contributed by atoms with Crippen molar-refractivity contribution in [3.63, 3.8) is 0 Å². The molecule has 5 aromatic rings. The van der Waals surface area contributed by atoms with Crippen molar-refractivity contribution in [2.45, 2.75) is 13.0 Å². The predicted octanol–water partition coefficient (Wildman–Crippen LogP) is 6.58. The molecule has 186 valence electrons. The van der Waals surface area contributed by atoms with Crippen molar-refractivity contribution in [3.8, 4) is 17.2 Å². The summed E-state index contributed by atoms with van der Waals surface area (Å²) in [4.78, 5) is 28.0. The number of amides is 1. The lowest BCUT2D eigenvalue weighted by molar-refractivity contribution is 0.0696. The number of benzene rings is 4. The van der Waals surface area contributed by atoms with Crippen LogP contribution in [0.2, 0.25) is 5.02 Å². The number of carboxylic acids is 1. The van der Waals surface area contributed by atoms with Gasteiger partial charge in [-0.1, -0.05) is 48.0 Å². The number of nitrogens with zero attached hydrogens (tertiary/aromatic N) is 1. The molecule has 0 saturated heterocycles. The Kier molecular flexibility index (Phi) is 6.94. The number of halogens is 1. The Morgan fingerprint density at radius 3 is 2.45 bits per heavy atom. The molecule has 3 N–H and O–H groups in total. The van der Waals surface area contributed by atoms with Crippen LogP contribution in [0.15, 0.2) is 91.1 Å². The number of H-pyrrole nitrogens is 1. The summed E-state index contributed by atoms with van der Waals surface area (Å²) in [7, 11) is 0. The zero-order valence-corrected chi connectivity index (χ0v) is 20.9. The van der Waals surface area contributed by atoms with E-state index in [0.29, 0.717) is 22.6 Å². The largest absolute Gasteiger partial charge is 0.478 e. The van der Waals surface area contributed by atoms with E-state index in [2.05, 4.69) is 16.4 Å². The van der Waals surface area contributed by atoms with Crippen LogP contribution in [0.3, 0.4) is 0 Å². The first-order chi connectivity index (χ1) is 18.4. The number of rotatable bonds is 7. The first kappa shape index (κ1) is 24.8. The number of hydrogen-bond donors (Lipinski definition) is 3. The summed E-state index contributed by atoms with van der Waals surface area (Å²) >= 11 is 6.20. The van der Waals surface area contributed by atoms with Gasteiger partial charge in [-0.3, -0.25) is 4.79 Å². The molecule has 0 aliphatic carbocycles. The van der Waals surface area contributed by atoms with E-state index in [1.165, 1.54) is 12.1 Å². The minimum atomic E-state index is -1.00. The maximum atomic E-state index is 13.6. The topological polar surface area (TPSA) is 106 Å². The molecule has 0 spiro atoms. The van der Waals surface area contributed by atoms with E-state index < -0.39 is 5.97 Å². The van der Waals surface area contributed by atoms with Gasteiger partial charge in [0.1, 0.15) is 0 Å². The Hall–Kier alpha value is -4.86. The second-order valence-electron chi connectivity index (χ2n) is 8.94. The summed E-state index contributed by atoms with van der Waals surface area (Å²) in [6, 6.07) is 27.3. The summed E-state index contributed by atoms with van der Waals surface area (Å²) in [6.45, 7) is 0.239. The Morgan fingerprint density at radius 1 is 0.921 bits per heavy atom. The first-order valence-corrected chi connectivity index (χ1v) is 12.3. The molecular formula is C31H22ClN3O3. The molecule has 0 unspecified atom stereocenters. The summed E-state index contributed by atoms with van der Waals surface area (Å²) in [6.07, 6.45) is 2.49. The van der Waals surface area contributed by atoms with Crippen molar-refractivity contribution < 1.29 is 14.7 Å². The Labute approximate surface area is 224 Å². The van der Waals surface area contributed by atoms with E-state index >= 15 is 0 Å². The maximum absolute atomic E-state index is 13.6. The summed E-state index contributed by atoms with van der Waals surface area (Å²) < 4.78 is 0. The molecule has 6 nitrogen and oxygen atoms in total. The molecule has 38 heavy (non-hydrogen) atoms. The monoisotopic (exact) mass is 519 g/mol. The van der Waals surface area contributed by atoms with Gasteiger partial charge in [0.2, 0.25) is 0 Å². The fraction of sp³-hybridized carbons (Fsp3) is 0.0645. The number of nitriles is 1. The van der Waals surface area contributed by atoms with Crippen molar-refractivity contribution in [2.24, 2.45) is 0 Å². The van der Waals surface area contributed by atoms with Crippen molar-refractivity contribution >= 4 is 34.4 Å². The van der Waals surface area contributed by atoms with Crippen molar-refractivity contribution in [1.82, 2.24) is 10.3 Å². The summed E-state index contributed by atoms with van der Waals surface area (Å²) in [5.74, 6) is -1.26. The summed E-state index contributed by atoms with van der Waals surface area (Å²) in [5, 5.41) is 22.9. The number of carbonyl (C=O) groups excluding carboxylic acids is 1. The number of hydrogen-bond acceptors (Lipinski definition) is 3. The standard InChI is InChI=1S/C31H22ClN3O3/c32-26-6-2-3-20(13-26)11-25-18-34-28-15-24(23-5-1-4-21(12-23)16-33)14-27(29(25)28)30(36)35-17-19-7-9-22(10-8-19)31(37)38/h1-10,12-15,18,34H,11,17H2,(H,35,36)(H,37,38). The third-order valence-corrected chi connectivity index (χ3v) is 6.60. The Morgan fingerprint density at radius 2 is 1.71 bits per heavy atom. The SMILES string of the molecule is N#Cc1cccc(-c2cc(C(=O)NCc3ccc(C(=O)O)cc3)c3c(Cc4cccc(Cl)c4)c[nH]c3c2)c1. The molecule has 0 atom stereocenters. The third kappa shape index (κ3) is 5.29. The van der Waals surface area contributed by atoms with Crippen LogP contribution in [0.1, 0.15) is 43.0 Å². The molecular weight excluding hydrogens is 498 g/mol. The molecule has 0 saturated carbocycles. The van der Waals surface area contributed by atoms with Crippen molar-refractivity contribution in [2.75, 3.05) is 0 Å². The Balaban J connectivity index is 1.54. The van der Waals surface area contributed by atoms with Gasteiger partial charge >= 0.3 is 5.97 Å². The molecule has 0 fully saturated rings. The van der Waals surface area contributed by atoms with Crippen LogP contribution in [0.25, 0.3) is 22.0 Å². The molecule has 0 aliphatic rings. The van der Waals surface area contributed by atoms with Gasteiger partial charge in [-0.05, 0) is 82.8 Å². The highest BCUT2D eigenvalue weighted by Crippen LogP contribution is 2.32. The average Bonchev–Trinajstić information content (AvgIpc) is 3.34. The van der Waals surface area contributed by atoms with Crippen LogP contribution in [0, 0.1) is 11.3 Å². The van der Waals surface area contributed by atoms with E-state index in [4.69, 9.17) is 16.7 Å². The number of aromatic amines is 1. The second kappa shape index (κ2) is 10.6. The highest BCUT2D eigenvalue weighted by Gasteiger charge is 2.18. The van der Waals surface area contributed by atoms with E-state index in [-0.39, 0.29) is 18.0 Å². The first-order valence-electron chi connectivity index (χ1n) is 11.9. The average molecular weight is 520 g/mol. The van der Waals surface area contributed by atoms with E-state index in [1.807, 2.05) is 54.7 Å². The zero-order chi connectivity index (χ0) is 26.6. The molecule has 1 aromatic heterocycles. The maximum Gasteiger partial charge on any atom is 0.335 e. The highest BCUT2D eigenvalue weighted by atomic mass is 35.5. The lowest BCUT2D eigenvalue weighted by atomic mass is 9.95. The third-order valence-electron chi connectivity index (χ3n) is 6.37. The molecule has 7 heteroatoms. The molecule has 5 rings (SSSR count). The normalized spacial score (nSPS) is 10.7. The van der Waals surface area contributed by atoms with Crippen LogP contribution < -0.4 is 5.32 Å². The van der Waals surface area contributed by atoms with E-state index in [9.17, 15) is 14.9 Å². The van der Waals surface area contributed by atoms with Gasteiger partial charge in [-0.25, -0.2) is 4.79 Å². The minimum Gasteiger partial charge on any atom is -0.478 e. The quantitative estimate of drug-likeness (QED) is 0.226. The van der Waals surface area contributed by atoms with Gasteiger partial charge < -0.3 is 15.4 Å². The van der Waals surface area contributed by atoms with Gasteiger partial charge in [-0.15, -0.1) is 0 Å². The molecule has 1 amide bonds. The Bertz CT molecular complexity index is 1720. The van der Waals surface area contributed by atoms with Gasteiger partial charge in [0.05, 0.1) is 17.2 Å². The van der Waals surface area contributed by atoms with Crippen LogP contribution in [-0.4, -0.2) is 22.0 Å². The van der Waals surface area contributed by atoms with Crippen LogP contribution in [0.4, 0.5) is 0 Å². The van der Waals surface area contributed by atoms with Gasteiger partial charge in [0, 0.05) is 34.2 Å². The molecule has 1 heterocycles. The van der Waals surface area contributed by atoms with Crippen LogP contribution >= 0.6 is 11.6 Å². The number of aromatic nitrogens is 1. The molecule has 0 aliphatic heterocycles. The number of fused-ring (bicyclic) bond motifs is 1. The zero-order valence-electron chi connectivity index (χ0n) is 20.2. The van der Waals surface area contributed by atoms with Crippen molar-refractivity contribution in [3.05, 3.63) is 130 Å². The summed E-state index contributed by atoms with van der Waals surface area (Å²) in [5.41, 5.74) is 6.42. The molecule has 0 radical (unpaired) electrons. The fourth-order valence-electron chi connectivity index (χ4n) is 4.50. The number of nitrogens with one attached hydrogen (secondary N) is 2. The molecule has 4 aromatic carbocycles. The van der Waals surface area contributed by atoms with Gasteiger partial charge in [0.25, 0.3) is 5.91 Å². The number of carboxylic acid groups (broad SMARTS) is 1. The number of carbonyl (C=O) groups is 2. The van der Waals surface area contributed by atoms with Crippen LogP contribution in [0.5, 0.6) is 0 Å². The lowest BCUT2D eigenvalue weighted by Gasteiger charge is -2.12. The fourth-order valence-corrected chi connectivity index (χ4v) is 4.71. The lowest BCUT2D eigenvalue weighted by Crippen LogP contribution is -2.23. The predicted molar refractivity (Wildman–Crippen MR) is 147 cm³/mol. The van der Waals surface area contributed by atoms with E-state index in [1.54, 1.807) is 24.3 Å². The van der Waals surface area contributed by atoms with Gasteiger partial charge in [-0.2, -0.15) is 5.26 Å². The second-order valence-corrected chi connectivity index (χ2v) is 9.38. The van der Waals surface area contributed by atoms with Gasteiger partial charge in [0.15, 0.2) is 0 Å². The highest BCUT2D eigenvalue weighted by molar-refractivity contribution is 6.30. The smallest absolute Gasteiger partial charge is 0.335 e. The number of aromatic carboxylic acids is 1. The minimum absolute atomic E-state index is 0.187. The van der Waals surface area contributed by atoms with Crippen LogP contribution in [-0.2, 0) is 13.0 Å².